The Balaban J connectivity index is 1.77. The van der Waals surface area contributed by atoms with Gasteiger partial charge in [-0.3, -0.25) is 4.90 Å². The van der Waals surface area contributed by atoms with Crippen LogP contribution in [0.3, 0.4) is 0 Å². The normalized spacial score (nSPS) is 13.1. The van der Waals surface area contributed by atoms with Gasteiger partial charge in [0.05, 0.1) is 6.54 Å². The SMILES string of the molecule is CC(C)(C)OC(=O)N(CCN(C(=O)O)c1ccc(N2CCc3cc(N)ccc32)nn1)C(=O)OC(C)(C)C. The summed E-state index contributed by atoms with van der Waals surface area (Å²) >= 11 is 0. The number of imide groups is 1. The van der Waals surface area contributed by atoms with Crippen molar-refractivity contribution in [2.45, 2.75) is 59.2 Å². The standard InChI is InChI=1S/C25H34N6O6/c1-24(2,3)36-22(34)31(23(35)37-25(4,5)6)14-13-30(21(32)33)20-10-9-19(27-28-20)29-12-11-16-15-17(26)7-8-18(16)29/h7-10,15H,11-14,26H2,1-6H3,(H,32,33). The highest BCUT2D eigenvalue weighted by atomic mass is 16.6. The van der Waals surface area contributed by atoms with Gasteiger partial charge in [0.2, 0.25) is 0 Å². The molecule has 0 bridgehead atoms. The third kappa shape index (κ3) is 7.21. The van der Waals surface area contributed by atoms with Crippen molar-refractivity contribution in [2.75, 3.05) is 35.2 Å². The Morgan fingerprint density at radius 2 is 1.59 bits per heavy atom. The predicted octanol–water partition coefficient (Wildman–Crippen LogP) is 4.41. The van der Waals surface area contributed by atoms with E-state index in [-0.39, 0.29) is 18.9 Å². The molecule has 0 unspecified atom stereocenters. The van der Waals surface area contributed by atoms with Gasteiger partial charge in [0.1, 0.15) is 11.2 Å². The number of hydrogen-bond donors (Lipinski definition) is 2. The van der Waals surface area contributed by atoms with E-state index in [9.17, 15) is 19.5 Å². The van der Waals surface area contributed by atoms with Crippen LogP contribution in [-0.4, -0.2) is 69.3 Å². The molecule has 3 N–H and O–H groups in total. The van der Waals surface area contributed by atoms with Crippen LogP contribution < -0.4 is 15.5 Å². The third-order valence-electron chi connectivity index (χ3n) is 5.19. The van der Waals surface area contributed by atoms with E-state index in [1.165, 1.54) is 6.07 Å². The van der Waals surface area contributed by atoms with E-state index >= 15 is 0 Å². The Morgan fingerprint density at radius 3 is 2.11 bits per heavy atom. The fraction of sp³-hybridized carbons (Fsp3) is 0.480. The highest BCUT2D eigenvalue weighted by molar-refractivity contribution is 5.89. The zero-order valence-corrected chi connectivity index (χ0v) is 22.0. The van der Waals surface area contributed by atoms with Crippen LogP contribution in [0.15, 0.2) is 30.3 Å². The quantitative estimate of drug-likeness (QED) is 0.549. The van der Waals surface area contributed by atoms with Crippen molar-refractivity contribution in [3.05, 3.63) is 35.9 Å². The average molecular weight is 515 g/mol. The largest absolute Gasteiger partial charge is 0.465 e. The van der Waals surface area contributed by atoms with Gasteiger partial charge in [0.15, 0.2) is 11.6 Å². The van der Waals surface area contributed by atoms with Crippen molar-refractivity contribution < 1.29 is 29.0 Å². The van der Waals surface area contributed by atoms with Gasteiger partial charge in [-0.05, 0) is 83.9 Å². The van der Waals surface area contributed by atoms with E-state index in [1.807, 2.05) is 23.1 Å². The Hall–Kier alpha value is -4.09. The lowest BCUT2D eigenvalue weighted by Gasteiger charge is -2.29. The monoisotopic (exact) mass is 514 g/mol. The van der Waals surface area contributed by atoms with Crippen LogP contribution in [-0.2, 0) is 15.9 Å². The number of ether oxygens (including phenoxy) is 2. The average Bonchev–Trinajstić information content (AvgIpc) is 3.17. The molecule has 3 rings (SSSR count). The second-order valence-corrected chi connectivity index (χ2v) is 10.6. The number of anilines is 4. The number of carbonyl (C=O) groups is 3. The van der Waals surface area contributed by atoms with Crippen molar-refractivity contribution in [1.82, 2.24) is 15.1 Å². The minimum absolute atomic E-state index is 0.0429. The summed E-state index contributed by atoms with van der Waals surface area (Å²) in [6.45, 7) is 10.1. The number of fused-ring (bicyclic) bond motifs is 1. The molecule has 1 aromatic heterocycles. The van der Waals surface area contributed by atoms with Crippen LogP contribution >= 0.6 is 0 Å². The Bertz CT molecular complexity index is 1130. The van der Waals surface area contributed by atoms with Crippen LogP contribution in [0.5, 0.6) is 0 Å². The number of rotatable bonds is 5. The topological polar surface area (TPSA) is 151 Å². The first kappa shape index (κ1) is 27.5. The lowest BCUT2D eigenvalue weighted by molar-refractivity contribution is 0.00193. The van der Waals surface area contributed by atoms with Crippen molar-refractivity contribution in [3.8, 4) is 0 Å². The van der Waals surface area contributed by atoms with Crippen molar-refractivity contribution in [1.29, 1.82) is 0 Å². The molecule has 1 aromatic carbocycles. The van der Waals surface area contributed by atoms with E-state index < -0.39 is 29.5 Å². The van der Waals surface area contributed by atoms with Gasteiger partial charge in [-0.2, -0.15) is 0 Å². The van der Waals surface area contributed by atoms with Crippen molar-refractivity contribution >= 4 is 41.3 Å². The third-order valence-corrected chi connectivity index (χ3v) is 5.19. The van der Waals surface area contributed by atoms with E-state index in [0.29, 0.717) is 18.1 Å². The van der Waals surface area contributed by atoms with E-state index in [1.54, 1.807) is 47.6 Å². The molecule has 0 atom stereocenters. The summed E-state index contributed by atoms with van der Waals surface area (Å²) < 4.78 is 10.6. The lowest BCUT2D eigenvalue weighted by Crippen LogP contribution is -2.47. The highest BCUT2D eigenvalue weighted by Gasteiger charge is 2.32. The van der Waals surface area contributed by atoms with Crippen LogP contribution in [0.1, 0.15) is 47.1 Å². The molecule has 0 fully saturated rings. The molecule has 0 radical (unpaired) electrons. The fourth-order valence-electron chi connectivity index (χ4n) is 3.67. The van der Waals surface area contributed by atoms with Crippen LogP contribution in [0.2, 0.25) is 0 Å². The number of benzene rings is 1. The molecule has 1 aliphatic rings. The second kappa shape index (κ2) is 10.5. The molecule has 2 aromatic rings. The van der Waals surface area contributed by atoms with E-state index in [4.69, 9.17) is 15.2 Å². The smallest absolute Gasteiger partial charge is 0.419 e. The number of nitrogens with two attached hydrogens (primary N) is 1. The first-order chi connectivity index (χ1) is 17.1. The molecule has 2 heterocycles. The summed E-state index contributed by atoms with van der Waals surface area (Å²) in [6.07, 6.45) is -2.41. The van der Waals surface area contributed by atoms with Gasteiger partial charge in [0, 0.05) is 24.5 Å². The fourth-order valence-corrected chi connectivity index (χ4v) is 3.67. The molecule has 0 aliphatic carbocycles. The number of nitrogen functional groups attached to an aromatic ring is 1. The Labute approximate surface area is 215 Å². The summed E-state index contributed by atoms with van der Waals surface area (Å²) in [6, 6.07) is 8.84. The lowest BCUT2D eigenvalue weighted by atomic mass is 10.1. The maximum Gasteiger partial charge on any atom is 0.419 e. The number of nitrogens with zero attached hydrogens (tertiary/aromatic N) is 5. The highest BCUT2D eigenvalue weighted by Crippen LogP contribution is 2.34. The molecule has 0 saturated carbocycles. The van der Waals surface area contributed by atoms with Gasteiger partial charge in [0.25, 0.3) is 0 Å². The molecule has 12 heteroatoms. The number of carboxylic acid groups (broad SMARTS) is 1. The molecular formula is C25H34N6O6. The van der Waals surface area contributed by atoms with Gasteiger partial charge in [-0.1, -0.05) is 0 Å². The maximum atomic E-state index is 12.7. The van der Waals surface area contributed by atoms with Crippen LogP contribution in [0.4, 0.5) is 37.4 Å². The molecule has 3 amide bonds. The molecule has 200 valence electrons. The van der Waals surface area contributed by atoms with E-state index in [0.717, 1.165) is 27.5 Å². The summed E-state index contributed by atoms with van der Waals surface area (Å²) in [5, 5.41) is 18.1. The molecule has 0 spiro atoms. The maximum absolute atomic E-state index is 12.7. The molecule has 1 aliphatic heterocycles. The van der Waals surface area contributed by atoms with Gasteiger partial charge >= 0.3 is 18.3 Å². The zero-order valence-electron chi connectivity index (χ0n) is 22.0. The zero-order chi connectivity index (χ0) is 27.5. The number of carbonyl (C=O) groups excluding carboxylic acids is 2. The van der Waals surface area contributed by atoms with Gasteiger partial charge in [-0.15, -0.1) is 10.2 Å². The molecular weight excluding hydrogens is 480 g/mol. The molecule has 0 saturated heterocycles. The van der Waals surface area contributed by atoms with E-state index in [2.05, 4.69) is 10.2 Å². The summed E-state index contributed by atoms with van der Waals surface area (Å²) in [4.78, 5) is 41.1. The van der Waals surface area contributed by atoms with Crippen molar-refractivity contribution in [3.63, 3.8) is 0 Å². The summed E-state index contributed by atoms with van der Waals surface area (Å²) in [5.74, 6) is 0.600. The number of aromatic nitrogens is 2. The minimum atomic E-state index is -1.32. The first-order valence-electron chi connectivity index (χ1n) is 11.9. The summed E-state index contributed by atoms with van der Waals surface area (Å²) in [7, 11) is 0. The van der Waals surface area contributed by atoms with Gasteiger partial charge in [-0.25, -0.2) is 19.3 Å². The van der Waals surface area contributed by atoms with Crippen molar-refractivity contribution in [2.24, 2.45) is 0 Å². The Kier molecular flexibility index (Phi) is 7.80. The van der Waals surface area contributed by atoms with Crippen LogP contribution in [0, 0.1) is 0 Å². The van der Waals surface area contributed by atoms with Crippen LogP contribution in [0.25, 0.3) is 0 Å². The summed E-state index contributed by atoms with van der Waals surface area (Å²) in [5.41, 5.74) is 6.89. The predicted molar refractivity (Wildman–Crippen MR) is 138 cm³/mol. The second-order valence-electron chi connectivity index (χ2n) is 10.6. The molecule has 37 heavy (non-hydrogen) atoms. The molecule has 12 nitrogen and oxygen atoms in total. The van der Waals surface area contributed by atoms with Gasteiger partial charge < -0.3 is 25.2 Å². The minimum Gasteiger partial charge on any atom is -0.465 e. The number of hydrogen-bond acceptors (Lipinski definition) is 9. The Morgan fingerprint density at radius 1 is 0.973 bits per heavy atom. The first-order valence-corrected chi connectivity index (χ1v) is 11.9. The number of amides is 3.